The fourth-order valence-corrected chi connectivity index (χ4v) is 3.97. The molecule has 0 atom stereocenters. The average molecular weight is 451 g/mol. The zero-order valence-electron chi connectivity index (χ0n) is 16.3. The second-order valence-electron chi connectivity index (χ2n) is 7.18. The Morgan fingerprint density at radius 1 is 0.655 bits per heavy atom. The molecule has 0 fully saturated rings. The number of nitrogens with zero attached hydrogens (tertiary/aromatic N) is 1. The molecular weight excluding hydrogens is 430 g/mol. The maximum Gasteiger partial charge on any atom is 2.00 e. The topological polar surface area (TPSA) is 4.93 Å². The van der Waals surface area contributed by atoms with Crippen LogP contribution in [0.3, 0.4) is 0 Å². The molecule has 138 valence electrons. The Balaban J connectivity index is 0.000000173. The summed E-state index contributed by atoms with van der Waals surface area (Å²) in [5.41, 5.74) is 3.80. The van der Waals surface area contributed by atoms with Gasteiger partial charge >= 0.3 is 26.2 Å². The Hall–Kier alpha value is -2.70. The molecule has 0 N–H and O–H groups in total. The van der Waals surface area contributed by atoms with Gasteiger partial charge in [-0.25, -0.2) is 0 Å². The normalized spacial score (nSPS) is 10.7. The van der Waals surface area contributed by atoms with Crippen molar-refractivity contribution in [2.45, 2.75) is 6.92 Å². The van der Waals surface area contributed by atoms with E-state index in [0.717, 1.165) is 0 Å². The predicted molar refractivity (Wildman–Crippen MR) is 121 cm³/mol. The zero-order chi connectivity index (χ0) is 18.9. The zero-order valence-corrected chi connectivity index (χ0v) is 18.8. The Labute approximate surface area is 190 Å². The van der Waals surface area contributed by atoms with E-state index in [1.165, 1.54) is 43.8 Å². The van der Waals surface area contributed by atoms with Crippen molar-refractivity contribution in [2.24, 2.45) is 0 Å². The SMILES string of the molecule is Cc1cc2ccccc2n1-c1cc2ccccc2[cH-]1.[Zr+2].c1ccc2[cH-]ccc2c1. The third kappa shape index (κ3) is 3.78. The molecule has 0 spiro atoms. The average Bonchev–Trinajstić information content (AvgIpc) is 3.43. The number of aromatic nitrogens is 1. The van der Waals surface area contributed by atoms with Crippen LogP contribution in [0.15, 0.2) is 109 Å². The van der Waals surface area contributed by atoms with Crippen molar-refractivity contribution in [3.8, 4) is 5.69 Å². The molecule has 6 rings (SSSR count). The van der Waals surface area contributed by atoms with Crippen LogP contribution in [0.2, 0.25) is 0 Å². The number of para-hydroxylation sites is 1. The summed E-state index contributed by atoms with van der Waals surface area (Å²) < 4.78 is 2.33. The molecule has 5 aromatic carbocycles. The molecule has 1 nitrogen and oxygen atoms in total. The Morgan fingerprint density at radius 3 is 2.07 bits per heavy atom. The fourth-order valence-electron chi connectivity index (χ4n) is 3.97. The number of hydrogen-bond donors (Lipinski definition) is 0. The van der Waals surface area contributed by atoms with Crippen LogP contribution in [0, 0.1) is 6.92 Å². The first-order valence-electron chi connectivity index (χ1n) is 9.63. The van der Waals surface area contributed by atoms with Crippen LogP contribution in [-0.2, 0) is 26.2 Å². The number of rotatable bonds is 1. The van der Waals surface area contributed by atoms with E-state index in [-0.39, 0.29) is 26.2 Å². The number of aryl methyl sites for hydroxylation is 1. The van der Waals surface area contributed by atoms with Crippen LogP contribution in [0.5, 0.6) is 0 Å². The van der Waals surface area contributed by atoms with E-state index in [1.54, 1.807) is 0 Å². The molecule has 1 aromatic heterocycles. The summed E-state index contributed by atoms with van der Waals surface area (Å²) in [6, 6.07) is 38.5. The Bertz CT molecular complexity index is 1320. The van der Waals surface area contributed by atoms with Gasteiger partial charge < -0.3 is 4.57 Å². The van der Waals surface area contributed by atoms with Crippen molar-refractivity contribution in [3.63, 3.8) is 0 Å². The third-order valence-electron chi connectivity index (χ3n) is 5.30. The van der Waals surface area contributed by atoms with E-state index < -0.39 is 0 Å². The third-order valence-corrected chi connectivity index (χ3v) is 5.30. The molecule has 0 amide bonds. The Kier molecular flexibility index (Phi) is 5.65. The molecule has 0 aliphatic rings. The first-order valence-corrected chi connectivity index (χ1v) is 9.63. The molecule has 0 saturated heterocycles. The van der Waals surface area contributed by atoms with Crippen LogP contribution >= 0.6 is 0 Å². The van der Waals surface area contributed by atoms with Gasteiger partial charge in [-0.05, 0) is 24.7 Å². The van der Waals surface area contributed by atoms with Crippen LogP contribution in [-0.4, -0.2) is 4.57 Å². The quantitative estimate of drug-likeness (QED) is 0.231. The van der Waals surface area contributed by atoms with Gasteiger partial charge in [0.15, 0.2) is 0 Å². The Morgan fingerprint density at radius 2 is 1.31 bits per heavy atom. The van der Waals surface area contributed by atoms with Gasteiger partial charge in [0.25, 0.3) is 0 Å². The van der Waals surface area contributed by atoms with Gasteiger partial charge in [-0.3, -0.25) is 0 Å². The molecule has 1 heterocycles. The fraction of sp³-hybridized carbons (Fsp3) is 0.0370. The second-order valence-corrected chi connectivity index (χ2v) is 7.18. The second kappa shape index (κ2) is 8.35. The molecule has 2 heteroatoms. The van der Waals surface area contributed by atoms with E-state index >= 15 is 0 Å². The van der Waals surface area contributed by atoms with E-state index in [2.05, 4.69) is 121 Å². The van der Waals surface area contributed by atoms with Crippen molar-refractivity contribution < 1.29 is 26.2 Å². The maximum atomic E-state index is 2.33. The van der Waals surface area contributed by atoms with Gasteiger partial charge in [0.2, 0.25) is 0 Å². The molecule has 29 heavy (non-hydrogen) atoms. The van der Waals surface area contributed by atoms with Crippen LogP contribution in [0.4, 0.5) is 0 Å². The largest absolute Gasteiger partial charge is 2.00 e. The smallest absolute Gasteiger partial charge is 0.332 e. The van der Waals surface area contributed by atoms with Gasteiger partial charge in [0.05, 0.1) is 5.52 Å². The molecule has 0 radical (unpaired) electrons. The molecular formula is C27H21NZr. The minimum atomic E-state index is 0. The first kappa shape index (κ1) is 19.6. The summed E-state index contributed by atoms with van der Waals surface area (Å²) in [5.74, 6) is 0. The molecule has 0 saturated carbocycles. The summed E-state index contributed by atoms with van der Waals surface area (Å²) in [4.78, 5) is 0. The standard InChI is InChI=1S/C18H14N.C9H7.Zr/c1-13-10-16-8-4-5-9-18(16)19(13)17-11-14-6-2-3-7-15(14)12-17;1-2-5-9-7-3-6-8(9)4-1;/h2-12H,1H3;1-7H;/q2*-1;+2. The van der Waals surface area contributed by atoms with E-state index in [9.17, 15) is 0 Å². The predicted octanol–water partition coefficient (Wildman–Crippen LogP) is 7.37. The molecule has 0 aliphatic heterocycles. The summed E-state index contributed by atoms with van der Waals surface area (Å²) >= 11 is 0. The van der Waals surface area contributed by atoms with Crippen molar-refractivity contribution >= 4 is 32.4 Å². The summed E-state index contributed by atoms with van der Waals surface area (Å²) in [6.45, 7) is 2.16. The molecule has 0 aliphatic carbocycles. The van der Waals surface area contributed by atoms with E-state index in [1.807, 2.05) is 0 Å². The van der Waals surface area contributed by atoms with Crippen molar-refractivity contribution in [1.29, 1.82) is 0 Å². The molecule has 6 aromatic rings. The van der Waals surface area contributed by atoms with Crippen LogP contribution in [0.25, 0.3) is 38.1 Å². The number of hydrogen-bond acceptors (Lipinski definition) is 0. The summed E-state index contributed by atoms with van der Waals surface area (Å²) in [7, 11) is 0. The minimum Gasteiger partial charge on any atom is -0.332 e. The number of benzene rings is 3. The van der Waals surface area contributed by atoms with Gasteiger partial charge in [-0.1, -0.05) is 30.3 Å². The van der Waals surface area contributed by atoms with Crippen molar-refractivity contribution in [2.75, 3.05) is 0 Å². The summed E-state index contributed by atoms with van der Waals surface area (Å²) in [6.07, 6.45) is 0. The van der Waals surface area contributed by atoms with Gasteiger partial charge in [-0.2, -0.15) is 17.5 Å². The first-order chi connectivity index (χ1) is 13.8. The molecule has 0 bridgehead atoms. The monoisotopic (exact) mass is 449 g/mol. The van der Waals surface area contributed by atoms with E-state index in [0.29, 0.717) is 0 Å². The molecule has 0 unspecified atom stereocenters. The summed E-state index contributed by atoms with van der Waals surface area (Å²) in [5, 5.41) is 6.56. The van der Waals surface area contributed by atoms with Gasteiger partial charge in [0, 0.05) is 11.1 Å². The van der Waals surface area contributed by atoms with Gasteiger partial charge in [-0.15, -0.1) is 70.8 Å². The van der Waals surface area contributed by atoms with Crippen molar-refractivity contribution in [1.82, 2.24) is 4.57 Å². The van der Waals surface area contributed by atoms with Crippen molar-refractivity contribution in [3.05, 3.63) is 115 Å². The van der Waals surface area contributed by atoms with Crippen LogP contribution in [0.1, 0.15) is 5.69 Å². The maximum absolute atomic E-state index is 2.33. The minimum absolute atomic E-state index is 0. The van der Waals surface area contributed by atoms with E-state index in [4.69, 9.17) is 0 Å². The number of fused-ring (bicyclic) bond motifs is 3. The van der Waals surface area contributed by atoms with Gasteiger partial charge in [0.1, 0.15) is 0 Å². The van der Waals surface area contributed by atoms with Crippen LogP contribution < -0.4 is 0 Å².